The van der Waals surface area contributed by atoms with Crippen LogP contribution in [-0.2, 0) is 9.47 Å². The topological polar surface area (TPSA) is 108 Å². The number of aromatic hydroxyl groups is 1. The van der Waals surface area contributed by atoms with E-state index in [-0.39, 0.29) is 23.8 Å². The quantitative estimate of drug-likeness (QED) is 0.620. The third-order valence-electron chi connectivity index (χ3n) is 5.72. The van der Waals surface area contributed by atoms with Crippen LogP contribution in [0, 0.1) is 5.82 Å². The fourth-order valence-electron chi connectivity index (χ4n) is 4.23. The normalized spacial score (nSPS) is 17.9. The van der Waals surface area contributed by atoms with Gasteiger partial charge in [0.15, 0.2) is 17.4 Å². The lowest BCUT2D eigenvalue weighted by atomic mass is 10.0. The molecule has 0 spiro atoms. The fraction of sp³-hybridized carbons (Fsp3) is 0.520. The van der Waals surface area contributed by atoms with Gasteiger partial charge in [0.2, 0.25) is 0 Å². The van der Waals surface area contributed by atoms with E-state index in [0.29, 0.717) is 31.1 Å². The van der Waals surface area contributed by atoms with Gasteiger partial charge in [0.25, 0.3) is 0 Å². The van der Waals surface area contributed by atoms with Gasteiger partial charge in [0.1, 0.15) is 11.2 Å². The van der Waals surface area contributed by atoms with Gasteiger partial charge >= 0.3 is 12.2 Å². The number of rotatable bonds is 1. The molecule has 0 radical (unpaired) electrons. The number of fused-ring (bicyclic) bond motifs is 3. The molecule has 11 heteroatoms. The molecule has 194 valence electrons. The molecular weight excluding hydrogens is 469 g/mol. The molecular formula is C25H32FN5O5. The predicted octanol–water partition coefficient (Wildman–Crippen LogP) is 4.17. The molecule has 0 bridgehead atoms. The number of piperazine rings is 1. The second-order valence-corrected chi connectivity index (χ2v) is 10.9. The monoisotopic (exact) mass is 501 g/mol. The van der Waals surface area contributed by atoms with E-state index in [1.807, 2.05) is 25.7 Å². The third-order valence-corrected chi connectivity index (χ3v) is 5.72. The van der Waals surface area contributed by atoms with Crippen LogP contribution in [0.3, 0.4) is 0 Å². The van der Waals surface area contributed by atoms with Gasteiger partial charge in [-0.05, 0) is 59.7 Å². The van der Waals surface area contributed by atoms with E-state index in [1.54, 1.807) is 37.8 Å². The van der Waals surface area contributed by atoms with Crippen LogP contribution in [0.5, 0.6) is 5.75 Å². The third kappa shape index (κ3) is 5.29. The maximum Gasteiger partial charge on any atom is 0.416 e. The van der Waals surface area contributed by atoms with Crippen molar-refractivity contribution < 1.29 is 28.6 Å². The minimum Gasteiger partial charge on any atom is -0.504 e. The molecule has 1 saturated heterocycles. The highest BCUT2D eigenvalue weighted by atomic mass is 19.1. The second kappa shape index (κ2) is 9.11. The summed E-state index contributed by atoms with van der Waals surface area (Å²) in [5.41, 5.74) is -0.346. The molecule has 1 aromatic carbocycles. The van der Waals surface area contributed by atoms with Crippen LogP contribution in [-0.4, -0.2) is 75.8 Å². The minimum absolute atomic E-state index is 0.184. The van der Waals surface area contributed by atoms with Crippen molar-refractivity contribution in [2.45, 2.75) is 58.8 Å². The van der Waals surface area contributed by atoms with Gasteiger partial charge in [-0.3, -0.25) is 4.90 Å². The Morgan fingerprint density at radius 2 is 1.67 bits per heavy atom. The molecule has 2 aliphatic heterocycles. The average molecular weight is 502 g/mol. The first kappa shape index (κ1) is 25.5. The minimum atomic E-state index is -0.772. The van der Waals surface area contributed by atoms with E-state index in [0.717, 1.165) is 6.07 Å². The summed E-state index contributed by atoms with van der Waals surface area (Å²) in [5.74, 6) is -1.00. The number of halogens is 1. The Labute approximate surface area is 209 Å². The average Bonchev–Trinajstić information content (AvgIpc) is 2.77. The Morgan fingerprint density at radius 1 is 1.00 bits per heavy atom. The molecule has 1 aromatic heterocycles. The molecule has 1 fully saturated rings. The Balaban J connectivity index is 1.72. The largest absolute Gasteiger partial charge is 0.504 e. The van der Waals surface area contributed by atoms with Crippen molar-refractivity contribution in [3.05, 3.63) is 30.1 Å². The molecule has 2 aromatic rings. The van der Waals surface area contributed by atoms with Crippen LogP contribution in [0.2, 0.25) is 0 Å². The van der Waals surface area contributed by atoms with Crippen LogP contribution < -0.4 is 9.80 Å². The van der Waals surface area contributed by atoms with Crippen molar-refractivity contribution in [1.29, 1.82) is 0 Å². The predicted molar refractivity (Wildman–Crippen MR) is 132 cm³/mol. The molecule has 0 saturated carbocycles. The highest BCUT2D eigenvalue weighted by Crippen LogP contribution is 2.39. The molecule has 3 heterocycles. The zero-order chi connectivity index (χ0) is 26.4. The van der Waals surface area contributed by atoms with Gasteiger partial charge in [0.05, 0.1) is 24.0 Å². The molecule has 10 nitrogen and oxygen atoms in total. The number of phenols is 1. The SMILES string of the molecule is CC(C)(C)OC(=O)N1CCN2c3cc(-c4cccc(F)c4O)nnc3N(C(=O)OC(C)(C)C)CC2C1. The van der Waals surface area contributed by atoms with Crippen molar-refractivity contribution in [2.24, 2.45) is 0 Å². The van der Waals surface area contributed by atoms with Gasteiger partial charge < -0.3 is 24.4 Å². The van der Waals surface area contributed by atoms with Gasteiger partial charge in [0, 0.05) is 25.2 Å². The zero-order valence-corrected chi connectivity index (χ0v) is 21.4. The Bertz CT molecular complexity index is 1180. The Kier molecular flexibility index (Phi) is 6.44. The van der Waals surface area contributed by atoms with Gasteiger partial charge in [-0.2, -0.15) is 0 Å². The van der Waals surface area contributed by atoms with E-state index in [2.05, 4.69) is 10.2 Å². The highest BCUT2D eigenvalue weighted by molar-refractivity contribution is 5.93. The molecule has 1 unspecified atom stereocenters. The van der Waals surface area contributed by atoms with Gasteiger partial charge in [-0.25, -0.2) is 14.0 Å². The van der Waals surface area contributed by atoms with E-state index in [4.69, 9.17) is 9.47 Å². The molecule has 1 N–H and O–H groups in total. The summed E-state index contributed by atoms with van der Waals surface area (Å²) in [6.07, 6.45) is -1.01. The first-order chi connectivity index (χ1) is 16.7. The van der Waals surface area contributed by atoms with Crippen LogP contribution in [0.15, 0.2) is 24.3 Å². The molecule has 4 rings (SSSR count). The van der Waals surface area contributed by atoms with Crippen molar-refractivity contribution >= 4 is 23.7 Å². The maximum atomic E-state index is 14.0. The number of carbonyl (C=O) groups excluding carboxylic acids is 2. The summed E-state index contributed by atoms with van der Waals surface area (Å²) in [6.45, 7) is 12.1. The van der Waals surface area contributed by atoms with Crippen LogP contribution in [0.25, 0.3) is 11.3 Å². The van der Waals surface area contributed by atoms with Crippen molar-refractivity contribution in [3.8, 4) is 17.0 Å². The van der Waals surface area contributed by atoms with Crippen molar-refractivity contribution in [3.63, 3.8) is 0 Å². The standard InChI is InChI=1S/C25H32FN5O5/c1-24(2,3)35-22(33)29-10-11-30-15(13-29)14-31(23(34)36-25(4,5)6)21-19(30)12-18(27-28-21)16-8-7-9-17(26)20(16)32/h7-9,12,15,32H,10-11,13-14H2,1-6H3. The van der Waals surface area contributed by atoms with Crippen molar-refractivity contribution in [1.82, 2.24) is 15.1 Å². The molecule has 36 heavy (non-hydrogen) atoms. The Morgan fingerprint density at radius 3 is 2.33 bits per heavy atom. The lowest BCUT2D eigenvalue weighted by Crippen LogP contribution is -2.62. The summed E-state index contributed by atoms with van der Waals surface area (Å²) < 4.78 is 25.2. The number of para-hydroxylation sites is 1. The number of amides is 2. The zero-order valence-electron chi connectivity index (χ0n) is 21.4. The summed E-state index contributed by atoms with van der Waals surface area (Å²) >= 11 is 0. The fourth-order valence-corrected chi connectivity index (χ4v) is 4.23. The number of ether oxygens (including phenoxy) is 2. The van der Waals surface area contributed by atoms with E-state index in [1.165, 1.54) is 11.0 Å². The lowest BCUT2D eigenvalue weighted by molar-refractivity contribution is 0.0214. The summed E-state index contributed by atoms with van der Waals surface area (Å²) in [4.78, 5) is 30.9. The second-order valence-electron chi connectivity index (χ2n) is 10.9. The summed E-state index contributed by atoms with van der Waals surface area (Å²) in [6, 6.07) is 5.57. The first-order valence-electron chi connectivity index (χ1n) is 11.8. The number of hydrogen-bond acceptors (Lipinski definition) is 8. The maximum absolute atomic E-state index is 14.0. The van der Waals surface area contributed by atoms with E-state index in [9.17, 15) is 19.1 Å². The first-order valence-corrected chi connectivity index (χ1v) is 11.8. The van der Waals surface area contributed by atoms with E-state index >= 15 is 0 Å². The summed E-state index contributed by atoms with van der Waals surface area (Å²) in [5, 5.41) is 18.7. The number of carbonyl (C=O) groups is 2. The number of phenolic OH excluding ortho intramolecular Hbond substituents is 1. The smallest absolute Gasteiger partial charge is 0.416 e. The molecule has 2 aliphatic rings. The molecule has 0 aliphatic carbocycles. The Hall–Kier alpha value is -3.63. The van der Waals surface area contributed by atoms with Crippen molar-refractivity contribution in [2.75, 3.05) is 36.0 Å². The van der Waals surface area contributed by atoms with Crippen LogP contribution >= 0.6 is 0 Å². The van der Waals surface area contributed by atoms with E-state index < -0.39 is 35.0 Å². The number of benzene rings is 1. The van der Waals surface area contributed by atoms with Gasteiger partial charge in [-0.1, -0.05) is 6.07 Å². The highest BCUT2D eigenvalue weighted by Gasteiger charge is 2.41. The number of hydrogen-bond donors (Lipinski definition) is 1. The van der Waals surface area contributed by atoms with Gasteiger partial charge in [-0.15, -0.1) is 10.2 Å². The number of anilines is 2. The molecule has 2 amide bonds. The molecule has 1 atom stereocenters. The number of aromatic nitrogens is 2. The van der Waals surface area contributed by atoms with Crippen LogP contribution in [0.4, 0.5) is 25.5 Å². The lowest BCUT2D eigenvalue weighted by Gasteiger charge is -2.48. The number of nitrogens with zero attached hydrogens (tertiary/aromatic N) is 5. The summed E-state index contributed by atoms with van der Waals surface area (Å²) in [7, 11) is 0. The van der Waals surface area contributed by atoms with Crippen LogP contribution in [0.1, 0.15) is 41.5 Å².